The van der Waals surface area contributed by atoms with E-state index in [1.165, 1.54) is 19.1 Å². The number of amides is 2. The Balaban J connectivity index is 2.17. The first-order valence-corrected chi connectivity index (χ1v) is 9.78. The van der Waals surface area contributed by atoms with Gasteiger partial charge in [0.2, 0.25) is 5.91 Å². The number of nitrogens with zero attached hydrogens (tertiary/aromatic N) is 1. The molecule has 0 heterocycles. The lowest BCUT2D eigenvalue weighted by molar-refractivity contribution is -0.142. The minimum absolute atomic E-state index is 0.230. The van der Waals surface area contributed by atoms with Crippen molar-refractivity contribution in [3.05, 3.63) is 52.5 Å². The van der Waals surface area contributed by atoms with E-state index in [9.17, 15) is 9.59 Å². The van der Waals surface area contributed by atoms with Crippen LogP contribution < -0.4 is 19.5 Å². The van der Waals surface area contributed by atoms with Crippen LogP contribution >= 0.6 is 15.9 Å². The van der Waals surface area contributed by atoms with Gasteiger partial charge in [-0.05, 0) is 24.6 Å². The Bertz CT molecular complexity index is 836. The van der Waals surface area contributed by atoms with Crippen molar-refractivity contribution in [3.8, 4) is 17.2 Å². The molecule has 0 fully saturated rings. The average molecular weight is 465 g/mol. The first-order chi connectivity index (χ1) is 13.9. The minimum Gasteiger partial charge on any atom is -0.496 e. The summed E-state index contributed by atoms with van der Waals surface area (Å²) in [5.41, 5.74) is 0.895. The summed E-state index contributed by atoms with van der Waals surface area (Å²) in [6, 6.07) is 12.0. The highest BCUT2D eigenvalue weighted by Crippen LogP contribution is 2.27. The van der Waals surface area contributed by atoms with Crippen molar-refractivity contribution in [3.63, 3.8) is 0 Å². The summed E-state index contributed by atoms with van der Waals surface area (Å²) in [6.07, 6.45) is 0. The van der Waals surface area contributed by atoms with E-state index in [4.69, 9.17) is 14.2 Å². The smallest absolute Gasteiger partial charge is 0.261 e. The van der Waals surface area contributed by atoms with Gasteiger partial charge >= 0.3 is 0 Å². The zero-order valence-corrected chi connectivity index (χ0v) is 18.5. The molecule has 156 valence electrons. The molecule has 0 aliphatic rings. The highest BCUT2D eigenvalue weighted by Gasteiger charge is 2.26. The van der Waals surface area contributed by atoms with Crippen LogP contribution in [0.15, 0.2) is 46.9 Å². The molecular formula is C21H25BrN2O5. The third-order valence-corrected chi connectivity index (χ3v) is 4.84. The van der Waals surface area contributed by atoms with Crippen LogP contribution in [0.3, 0.4) is 0 Å². The monoisotopic (exact) mass is 464 g/mol. The molecule has 0 aromatic heterocycles. The van der Waals surface area contributed by atoms with Crippen LogP contribution in [-0.2, 0) is 16.1 Å². The van der Waals surface area contributed by atoms with E-state index in [0.29, 0.717) is 17.2 Å². The second-order valence-corrected chi connectivity index (χ2v) is 7.19. The SMILES string of the molecule is CNC(=O)[C@H](C)N(Cc1cccc(Br)c1)C(=O)COc1cc(OC)cc(OC)c1. The lowest BCUT2D eigenvalue weighted by atomic mass is 10.1. The van der Waals surface area contributed by atoms with Crippen LogP contribution in [0, 0.1) is 0 Å². The van der Waals surface area contributed by atoms with Crippen LogP contribution in [0.2, 0.25) is 0 Å². The molecule has 0 spiro atoms. The number of carbonyl (C=O) groups is 2. The molecule has 2 aromatic carbocycles. The van der Waals surface area contributed by atoms with Crippen LogP contribution in [0.4, 0.5) is 0 Å². The molecule has 0 aliphatic carbocycles. The lowest BCUT2D eigenvalue weighted by Gasteiger charge is -2.28. The molecule has 0 saturated heterocycles. The summed E-state index contributed by atoms with van der Waals surface area (Å²) in [4.78, 5) is 26.6. The van der Waals surface area contributed by atoms with Gasteiger partial charge in [0.1, 0.15) is 23.3 Å². The summed E-state index contributed by atoms with van der Waals surface area (Å²) < 4.78 is 17.0. The Morgan fingerprint density at radius 1 is 1.07 bits per heavy atom. The van der Waals surface area contributed by atoms with Gasteiger partial charge in [-0.2, -0.15) is 0 Å². The van der Waals surface area contributed by atoms with Crippen molar-refractivity contribution in [2.45, 2.75) is 19.5 Å². The topological polar surface area (TPSA) is 77.1 Å². The fourth-order valence-electron chi connectivity index (χ4n) is 2.72. The molecule has 0 radical (unpaired) electrons. The zero-order valence-electron chi connectivity index (χ0n) is 16.9. The number of rotatable bonds is 9. The molecule has 0 unspecified atom stereocenters. The molecule has 2 rings (SSSR count). The number of carbonyl (C=O) groups excluding carboxylic acids is 2. The number of halogens is 1. The van der Waals surface area contributed by atoms with E-state index < -0.39 is 6.04 Å². The van der Waals surface area contributed by atoms with Gasteiger partial charge in [0.05, 0.1) is 14.2 Å². The van der Waals surface area contributed by atoms with Crippen LogP contribution in [0.1, 0.15) is 12.5 Å². The fourth-order valence-corrected chi connectivity index (χ4v) is 3.16. The molecule has 0 saturated carbocycles. The molecule has 7 nitrogen and oxygen atoms in total. The summed E-state index contributed by atoms with van der Waals surface area (Å²) >= 11 is 3.43. The van der Waals surface area contributed by atoms with Crippen LogP contribution in [0.25, 0.3) is 0 Å². The zero-order chi connectivity index (χ0) is 21.4. The van der Waals surface area contributed by atoms with Gasteiger partial charge < -0.3 is 24.4 Å². The number of hydrogen-bond donors (Lipinski definition) is 1. The van der Waals surface area contributed by atoms with E-state index in [1.54, 1.807) is 32.2 Å². The number of methoxy groups -OCH3 is 2. The van der Waals surface area contributed by atoms with Gasteiger partial charge in [0.25, 0.3) is 5.91 Å². The predicted molar refractivity (Wildman–Crippen MR) is 113 cm³/mol. The Labute approximate surface area is 179 Å². The predicted octanol–water partition coefficient (Wildman–Crippen LogP) is 3.01. The van der Waals surface area contributed by atoms with Gasteiger partial charge in [-0.25, -0.2) is 0 Å². The van der Waals surface area contributed by atoms with E-state index >= 15 is 0 Å². The number of likely N-dealkylation sites (N-methyl/N-ethyl adjacent to an activating group) is 1. The highest BCUT2D eigenvalue weighted by molar-refractivity contribution is 9.10. The van der Waals surface area contributed by atoms with Crippen molar-refractivity contribution in [1.29, 1.82) is 0 Å². The van der Waals surface area contributed by atoms with Gasteiger partial charge in [-0.3, -0.25) is 9.59 Å². The maximum absolute atomic E-state index is 12.9. The average Bonchev–Trinajstić information content (AvgIpc) is 2.74. The molecule has 0 aliphatic heterocycles. The van der Waals surface area contributed by atoms with Gasteiger partial charge in [0.15, 0.2) is 6.61 Å². The fraction of sp³-hybridized carbons (Fsp3) is 0.333. The first kappa shape index (κ1) is 22.5. The van der Waals surface area contributed by atoms with Crippen LogP contribution in [-0.4, -0.2) is 50.6 Å². The Morgan fingerprint density at radius 2 is 1.69 bits per heavy atom. The van der Waals surface area contributed by atoms with E-state index in [2.05, 4.69) is 21.2 Å². The third-order valence-electron chi connectivity index (χ3n) is 4.34. The standard InChI is InChI=1S/C21H25BrN2O5/c1-14(21(26)23-2)24(12-15-6-5-7-16(22)8-15)20(25)13-29-19-10-17(27-3)9-18(11-19)28-4/h5-11,14H,12-13H2,1-4H3,(H,23,26)/t14-/m0/s1. The molecule has 0 bridgehead atoms. The number of nitrogens with one attached hydrogen (secondary N) is 1. The van der Waals surface area contributed by atoms with Crippen molar-refractivity contribution in [1.82, 2.24) is 10.2 Å². The number of hydrogen-bond acceptors (Lipinski definition) is 5. The third kappa shape index (κ3) is 6.39. The molecular weight excluding hydrogens is 440 g/mol. The van der Waals surface area contributed by atoms with Gasteiger partial charge in [-0.15, -0.1) is 0 Å². The quantitative estimate of drug-likeness (QED) is 0.616. The summed E-state index contributed by atoms with van der Waals surface area (Å²) in [5.74, 6) is 0.969. The molecule has 2 amide bonds. The molecule has 29 heavy (non-hydrogen) atoms. The lowest BCUT2D eigenvalue weighted by Crippen LogP contribution is -2.48. The molecule has 2 aromatic rings. The summed E-state index contributed by atoms with van der Waals surface area (Å²) in [5, 5.41) is 2.59. The Hall–Kier alpha value is -2.74. The maximum Gasteiger partial charge on any atom is 0.261 e. The molecule has 1 N–H and O–H groups in total. The van der Waals surface area contributed by atoms with E-state index in [1.807, 2.05) is 24.3 Å². The molecule has 1 atom stereocenters. The first-order valence-electron chi connectivity index (χ1n) is 8.99. The van der Waals surface area contributed by atoms with E-state index in [-0.39, 0.29) is 25.0 Å². The second kappa shape index (κ2) is 10.7. The van der Waals surface area contributed by atoms with Gasteiger partial charge in [-0.1, -0.05) is 28.1 Å². The van der Waals surface area contributed by atoms with Crippen LogP contribution in [0.5, 0.6) is 17.2 Å². The van der Waals surface area contributed by atoms with Crippen molar-refractivity contribution >= 4 is 27.7 Å². The Morgan fingerprint density at radius 3 is 2.24 bits per heavy atom. The van der Waals surface area contributed by atoms with Crippen molar-refractivity contribution < 1.29 is 23.8 Å². The normalized spacial score (nSPS) is 11.3. The van der Waals surface area contributed by atoms with Crippen molar-refractivity contribution in [2.24, 2.45) is 0 Å². The second-order valence-electron chi connectivity index (χ2n) is 6.28. The number of benzene rings is 2. The molecule has 8 heteroatoms. The van der Waals surface area contributed by atoms with E-state index in [0.717, 1.165) is 10.0 Å². The largest absolute Gasteiger partial charge is 0.496 e. The maximum atomic E-state index is 12.9. The minimum atomic E-state index is -0.657. The summed E-state index contributed by atoms with van der Waals surface area (Å²) in [6.45, 7) is 1.73. The van der Waals surface area contributed by atoms with Crippen molar-refractivity contribution in [2.75, 3.05) is 27.9 Å². The summed E-state index contributed by atoms with van der Waals surface area (Å²) in [7, 11) is 4.61. The number of ether oxygens (including phenoxy) is 3. The highest BCUT2D eigenvalue weighted by atomic mass is 79.9. The van der Waals surface area contributed by atoms with Gasteiger partial charge in [0, 0.05) is 36.3 Å². The Kier molecular flexibility index (Phi) is 8.33.